The highest BCUT2D eigenvalue weighted by Gasteiger charge is 2.27. The van der Waals surface area contributed by atoms with Gasteiger partial charge < -0.3 is 9.73 Å². The molecular weight excluding hydrogens is 256 g/mol. The third-order valence-corrected chi connectivity index (χ3v) is 4.71. The van der Waals surface area contributed by atoms with E-state index in [4.69, 9.17) is 4.42 Å². The Bertz CT molecular complexity index is 507. The lowest BCUT2D eigenvalue weighted by molar-refractivity contribution is 0.181. The minimum Gasteiger partial charge on any atom is -0.464 e. The molecule has 1 atom stereocenters. The van der Waals surface area contributed by atoms with E-state index in [9.17, 15) is 0 Å². The van der Waals surface area contributed by atoms with Crippen LogP contribution in [0.25, 0.3) is 0 Å². The molecule has 1 N–H and O–H groups in total. The molecule has 102 valence electrons. The number of nitrogens with one attached hydrogen (secondary N) is 1. The Hall–Kier alpha value is -1.10. The average Bonchev–Trinajstić information content (AvgIpc) is 3.03. The average molecular weight is 276 g/mol. The number of thiophene rings is 1. The van der Waals surface area contributed by atoms with E-state index in [1.807, 2.05) is 18.3 Å². The summed E-state index contributed by atoms with van der Waals surface area (Å²) in [6.45, 7) is 8.41. The Balaban J connectivity index is 1.96. The van der Waals surface area contributed by atoms with E-state index in [0.29, 0.717) is 0 Å². The number of hydrogen-bond acceptors (Lipinski definition) is 4. The number of furan rings is 1. The molecule has 0 spiro atoms. The predicted octanol–water partition coefficient (Wildman–Crippen LogP) is 2.95. The molecule has 3 heterocycles. The maximum absolute atomic E-state index is 6.00. The fourth-order valence-corrected chi connectivity index (χ4v) is 3.49. The van der Waals surface area contributed by atoms with Gasteiger partial charge in [-0.15, -0.1) is 11.3 Å². The molecule has 1 aliphatic heterocycles. The zero-order valence-electron chi connectivity index (χ0n) is 11.5. The first-order valence-corrected chi connectivity index (χ1v) is 7.69. The smallest absolute Gasteiger partial charge is 0.126 e. The maximum Gasteiger partial charge on any atom is 0.126 e. The lowest BCUT2D eigenvalue weighted by Gasteiger charge is -2.33. The summed E-state index contributed by atoms with van der Waals surface area (Å²) >= 11 is 1.81. The van der Waals surface area contributed by atoms with Gasteiger partial charge in [-0.05, 0) is 36.9 Å². The van der Waals surface area contributed by atoms with Gasteiger partial charge in [0.15, 0.2) is 0 Å². The van der Waals surface area contributed by atoms with Gasteiger partial charge in [-0.2, -0.15) is 0 Å². The van der Waals surface area contributed by atoms with Crippen LogP contribution in [0.3, 0.4) is 0 Å². The van der Waals surface area contributed by atoms with Gasteiger partial charge in [0.2, 0.25) is 0 Å². The topological polar surface area (TPSA) is 28.4 Å². The van der Waals surface area contributed by atoms with Gasteiger partial charge in [-0.25, -0.2) is 0 Å². The van der Waals surface area contributed by atoms with E-state index in [2.05, 4.69) is 40.7 Å². The molecule has 19 heavy (non-hydrogen) atoms. The summed E-state index contributed by atoms with van der Waals surface area (Å²) in [5.41, 5.74) is 1.24. The standard InChI is InChI=1S/C15H20N2OS/c1-11-10-13(18-12(11)2)15(14-4-3-9-19-14)17-7-5-16-6-8-17/h3-4,9-10,15-16H,5-8H2,1-2H3/t15-/m0/s1. The summed E-state index contributed by atoms with van der Waals surface area (Å²) in [5.74, 6) is 2.12. The lowest BCUT2D eigenvalue weighted by Crippen LogP contribution is -2.45. The van der Waals surface area contributed by atoms with E-state index in [1.54, 1.807) is 0 Å². The van der Waals surface area contributed by atoms with Gasteiger partial charge >= 0.3 is 0 Å². The first-order valence-electron chi connectivity index (χ1n) is 6.81. The van der Waals surface area contributed by atoms with Crippen molar-refractivity contribution in [2.45, 2.75) is 19.9 Å². The van der Waals surface area contributed by atoms with Crippen LogP contribution in [0.4, 0.5) is 0 Å². The molecule has 0 unspecified atom stereocenters. The molecule has 2 aromatic rings. The Morgan fingerprint density at radius 1 is 1.32 bits per heavy atom. The fourth-order valence-electron chi connectivity index (χ4n) is 2.62. The quantitative estimate of drug-likeness (QED) is 0.934. The predicted molar refractivity (Wildman–Crippen MR) is 78.8 cm³/mol. The third-order valence-electron chi connectivity index (χ3n) is 3.78. The summed E-state index contributed by atoms with van der Waals surface area (Å²) in [6.07, 6.45) is 0. The number of piperazine rings is 1. The molecule has 0 aromatic carbocycles. The number of aryl methyl sites for hydroxylation is 2. The molecule has 4 heteroatoms. The van der Waals surface area contributed by atoms with E-state index in [1.165, 1.54) is 10.4 Å². The Morgan fingerprint density at radius 3 is 2.68 bits per heavy atom. The minimum atomic E-state index is 0.273. The van der Waals surface area contributed by atoms with Crippen LogP contribution in [0.2, 0.25) is 0 Å². The Kier molecular flexibility index (Phi) is 3.73. The van der Waals surface area contributed by atoms with Gasteiger partial charge in [0, 0.05) is 31.1 Å². The van der Waals surface area contributed by atoms with Crippen molar-refractivity contribution in [2.75, 3.05) is 26.2 Å². The van der Waals surface area contributed by atoms with Crippen LogP contribution in [-0.2, 0) is 0 Å². The molecule has 2 aromatic heterocycles. The van der Waals surface area contributed by atoms with Crippen LogP contribution in [-0.4, -0.2) is 31.1 Å². The van der Waals surface area contributed by atoms with Gasteiger partial charge in [0.05, 0.1) is 0 Å². The van der Waals surface area contributed by atoms with Crippen molar-refractivity contribution in [2.24, 2.45) is 0 Å². The SMILES string of the molecule is Cc1cc([C@@H](c2cccs2)N2CCNCC2)oc1C. The van der Waals surface area contributed by atoms with E-state index in [-0.39, 0.29) is 6.04 Å². The molecular formula is C15H20N2OS. The van der Waals surface area contributed by atoms with Crippen LogP contribution >= 0.6 is 11.3 Å². The summed E-state index contributed by atoms with van der Waals surface area (Å²) in [7, 11) is 0. The second kappa shape index (κ2) is 5.49. The van der Waals surface area contributed by atoms with Crippen molar-refractivity contribution in [3.8, 4) is 0 Å². The fraction of sp³-hybridized carbons (Fsp3) is 0.467. The molecule has 0 aliphatic carbocycles. The lowest BCUT2D eigenvalue weighted by atomic mass is 10.1. The van der Waals surface area contributed by atoms with E-state index >= 15 is 0 Å². The number of hydrogen-bond donors (Lipinski definition) is 1. The van der Waals surface area contributed by atoms with Crippen LogP contribution in [0.1, 0.15) is 28.0 Å². The second-order valence-corrected chi connectivity index (χ2v) is 6.07. The van der Waals surface area contributed by atoms with Crippen molar-refractivity contribution in [1.82, 2.24) is 10.2 Å². The number of nitrogens with zero attached hydrogens (tertiary/aromatic N) is 1. The molecule has 0 amide bonds. The first kappa shape index (κ1) is 12.9. The molecule has 3 rings (SSSR count). The van der Waals surface area contributed by atoms with Crippen LogP contribution in [0.5, 0.6) is 0 Å². The van der Waals surface area contributed by atoms with Gasteiger partial charge in [0.25, 0.3) is 0 Å². The summed E-state index contributed by atoms with van der Waals surface area (Å²) < 4.78 is 6.00. The van der Waals surface area contributed by atoms with Gasteiger partial charge in [-0.3, -0.25) is 4.90 Å². The summed E-state index contributed by atoms with van der Waals surface area (Å²) in [5, 5.41) is 5.56. The Labute approximate surface area is 118 Å². The van der Waals surface area contributed by atoms with E-state index in [0.717, 1.165) is 37.7 Å². The largest absolute Gasteiger partial charge is 0.464 e. The van der Waals surface area contributed by atoms with E-state index < -0.39 is 0 Å². The zero-order chi connectivity index (χ0) is 13.2. The molecule has 3 nitrogen and oxygen atoms in total. The van der Waals surface area contributed by atoms with Crippen LogP contribution < -0.4 is 5.32 Å². The Morgan fingerprint density at radius 2 is 2.11 bits per heavy atom. The van der Waals surface area contributed by atoms with Crippen molar-refractivity contribution in [3.63, 3.8) is 0 Å². The summed E-state index contributed by atoms with van der Waals surface area (Å²) in [4.78, 5) is 3.88. The van der Waals surface area contributed by atoms with Gasteiger partial charge in [0.1, 0.15) is 17.6 Å². The normalized spacial score (nSPS) is 18.6. The third kappa shape index (κ3) is 2.61. The van der Waals surface area contributed by atoms with Crippen molar-refractivity contribution >= 4 is 11.3 Å². The monoisotopic (exact) mass is 276 g/mol. The second-order valence-electron chi connectivity index (χ2n) is 5.09. The molecule has 1 fully saturated rings. The molecule has 1 aliphatic rings. The van der Waals surface area contributed by atoms with Crippen molar-refractivity contribution in [3.05, 3.63) is 45.5 Å². The van der Waals surface area contributed by atoms with Crippen LogP contribution in [0, 0.1) is 13.8 Å². The molecule has 0 radical (unpaired) electrons. The highest BCUT2D eigenvalue weighted by molar-refractivity contribution is 7.10. The number of rotatable bonds is 3. The van der Waals surface area contributed by atoms with Crippen molar-refractivity contribution in [1.29, 1.82) is 0 Å². The van der Waals surface area contributed by atoms with Gasteiger partial charge in [-0.1, -0.05) is 6.07 Å². The highest BCUT2D eigenvalue weighted by atomic mass is 32.1. The maximum atomic E-state index is 6.00. The van der Waals surface area contributed by atoms with Crippen molar-refractivity contribution < 1.29 is 4.42 Å². The highest BCUT2D eigenvalue weighted by Crippen LogP contribution is 2.34. The zero-order valence-corrected chi connectivity index (χ0v) is 12.3. The molecule has 1 saturated heterocycles. The molecule has 0 bridgehead atoms. The summed E-state index contributed by atoms with van der Waals surface area (Å²) in [6, 6.07) is 6.80. The minimum absolute atomic E-state index is 0.273. The molecule has 0 saturated carbocycles. The first-order chi connectivity index (χ1) is 9.25. The van der Waals surface area contributed by atoms with Crippen LogP contribution in [0.15, 0.2) is 28.0 Å².